The Morgan fingerprint density at radius 3 is 2.25 bits per heavy atom. The second-order valence-electron chi connectivity index (χ2n) is 8.06. The molecule has 0 heterocycles. The van der Waals surface area contributed by atoms with Crippen LogP contribution in [-0.2, 0) is 0 Å². The Labute approximate surface area is 124 Å². The number of nitrogens with two attached hydrogens (primary N) is 1. The predicted octanol–water partition coefficient (Wildman–Crippen LogP) is 3.86. The van der Waals surface area contributed by atoms with E-state index in [4.69, 9.17) is 5.73 Å². The van der Waals surface area contributed by atoms with Gasteiger partial charge in [-0.2, -0.15) is 0 Å². The van der Waals surface area contributed by atoms with Gasteiger partial charge in [-0.25, -0.2) is 0 Å². The smallest absolute Gasteiger partial charge is 0.0718 e. The van der Waals surface area contributed by atoms with Crippen LogP contribution < -0.4 is 5.73 Å². The Kier molecular flexibility index (Phi) is 4.16. The molecule has 3 aliphatic carbocycles. The molecule has 3 N–H and O–H groups in total. The first-order chi connectivity index (χ1) is 9.62. The van der Waals surface area contributed by atoms with Crippen molar-refractivity contribution in [2.45, 2.75) is 83.2 Å². The third-order valence-corrected chi connectivity index (χ3v) is 7.07. The van der Waals surface area contributed by atoms with Crippen LogP contribution in [0.25, 0.3) is 0 Å². The quantitative estimate of drug-likeness (QED) is 0.820. The molecule has 116 valence electrons. The summed E-state index contributed by atoms with van der Waals surface area (Å²) in [6.07, 6.45) is 13.6. The molecule has 0 aliphatic heterocycles. The first-order valence-electron chi connectivity index (χ1n) is 9.05. The van der Waals surface area contributed by atoms with Crippen molar-refractivity contribution in [3.05, 3.63) is 0 Å². The van der Waals surface area contributed by atoms with E-state index in [0.29, 0.717) is 6.54 Å². The highest BCUT2D eigenvalue weighted by Crippen LogP contribution is 2.56. The van der Waals surface area contributed by atoms with Crippen LogP contribution in [-0.4, -0.2) is 17.3 Å². The van der Waals surface area contributed by atoms with Gasteiger partial charge in [0.05, 0.1) is 5.60 Å². The molecule has 0 bridgehead atoms. The lowest BCUT2D eigenvalue weighted by atomic mass is 9.55. The molecule has 0 radical (unpaired) electrons. The zero-order valence-electron chi connectivity index (χ0n) is 13.2. The Balaban J connectivity index is 1.73. The van der Waals surface area contributed by atoms with Crippen molar-refractivity contribution in [3.63, 3.8) is 0 Å². The van der Waals surface area contributed by atoms with Crippen LogP contribution in [0, 0.1) is 23.2 Å². The normalized spacial score (nSPS) is 46.4. The van der Waals surface area contributed by atoms with Crippen molar-refractivity contribution in [2.24, 2.45) is 28.9 Å². The van der Waals surface area contributed by atoms with Crippen LogP contribution in [0.15, 0.2) is 0 Å². The molecule has 20 heavy (non-hydrogen) atoms. The molecule has 0 spiro atoms. The fourth-order valence-corrected chi connectivity index (χ4v) is 5.24. The molecule has 3 rings (SSSR count). The van der Waals surface area contributed by atoms with E-state index >= 15 is 0 Å². The summed E-state index contributed by atoms with van der Waals surface area (Å²) in [6.45, 7) is 3.00. The van der Waals surface area contributed by atoms with Crippen molar-refractivity contribution in [2.75, 3.05) is 6.54 Å². The SMILES string of the molecule is CCC1CCC(CN)(C2(O)CCCC(C3CC3)C2)CC1. The van der Waals surface area contributed by atoms with Gasteiger partial charge in [0.2, 0.25) is 0 Å². The number of rotatable bonds is 4. The monoisotopic (exact) mass is 279 g/mol. The predicted molar refractivity (Wildman–Crippen MR) is 83.4 cm³/mol. The Morgan fingerprint density at radius 2 is 1.70 bits per heavy atom. The summed E-state index contributed by atoms with van der Waals surface area (Å²) in [5.74, 6) is 2.60. The number of hydrogen-bond donors (Lipinski definition) is 2. The average molecular weight is 279 g/mol. The number of hydrogen-bond acceptors (Lipinski definition) is 2. The maximum atomic E-state index is 11.5. The molecule has 2 heteroatoms. The first kappa shape index (κ1) is 14.8. The molecule has 2 unspecified atom stereocenters. The van der Waals surface area contributed by atoms with Gasteiger partial charge in [-0.1, -0.05) is 19.8 Å². The van der Waals surface area contributed by atoms with E-state index < -0.39 is 5.60 Å². The third-order valence-electron chi connectivity index (χ3n) is 7.07. The average Bonchev–Trinajstić information content (AvgIpc) is 3.32. The summed E-state index contributed by atoms with van der Waals surface area (Å²) in [7, 11) is 0. The molecule has 3 fully saturated rings. The molecule has 0 saturated heterocycles. The van der Waals surface area contributed by atoms with Gasteiger partial charge in [0.15, 0.2) is 0 Å². The Bertz CT molecular complexity index is 330. The van der Waals surface area contributed by atoms with E-state index in [9.17, 15) is 5.11 Å². The molecule has 2 nitrogen and oxygen atoms in total. The summed E-state index contributed by atoms with van der Waals surface area (Å²) < 4.78 is 0. The number of aliphatic hydroxyl groups is 1. The zero-order valence-corrected chi connectivity index (χ0v) is 13.2. The van der Waals surface area contributed by atoms with E-state index in [1.165, 1.54) is 44.9 Å². The third kappa shape index (κ3) is 2.54. The van der Waals surface area contributed by atoms with E-state index in [0.717, 1.165) is 43.4 Å². The lowest BCUT2D eigenvalue weighted by molar-refractivity contribution is -0.139. The Morgan fingerprint density at radius 1 is 1.00 bits per heavy atom. The summed E-state index contributed by atoms with van der Waals surface area (Å²) in [6, 6.07) is 0. The van der Waals surface area contributed by atoms with Crippen molar-refractivity contribution in [3.8, 4) is 0 Å². The highest BCUT2D eigenvalue weighted by Gasteiger charge is 2.53. The fourth-order valence-electron chi connectivity index (χ4n) is 5.24. The van der Waals surface area contributed by atoms with E-state index in [1.54, 1.807) is 0 Å². The van der Waals surface area contributed by atoms with Gasteiger partial charge in [-0.3, -0.25) is 0 Å². The molecule has 3 saturated carbocycles. The van der Waals surface area contributed by atoms with Gasteiger partial charge in [0.25, 0.3) is 0 Å². The summed E-state index contributed by atoms with van der Waals surface area (Å²) >= 11 is 0. The fraction of sp³-hybridized carbons (Fsp3) is 1.00. The lowest BCUT2D eigenvalue weighted by Crippen LogP contribution is -2.56. The van der Waals surface area contributed by atoms with Crippen LogP contribution in [0.5, 0.6) is 0 Å². The molecular weight excluding hydrogens is 246 g/mol. The second-order valence-corrected chi connectivity index (χ2v) is 8.06. The molecule has 0 aromatic rings. The Hall–Kier alpha value is -0.0800. The van der Waals surface area contributed by atoms with Gasteiger partial charge >= 0.3 is 0 Å². The summed E-state index contributed by atoms with van der Waals surface area (Å²) in [4.78, 5) is 0. The zero-order chi connectivity index (χ0) is 14.2. The van der Waals surface area contributed by atoms with Crippen molar-refractivity contribution in [1.82, 2.24) is 0 Å². The van der Waals surface area contributed by atoms with E-state index in [1.807, 2.05) is 0 Å². The van der Waals surface area contributed by atoms with Gasteiger partial charge < -0.3 is 10.8 Å². The highest BCUT2D eigenvalue weighted by atomic mass is 16.3. The minimum atomic E-state index is -0.452. The maximum Gasteiger partial charge on any atom is 0.0718 e. The molecule has 3 aliphatic rings. The van der Waals surface area contributed by atoms with Crippen molar-refractivity contribution >= 4 is 0 Å². The molecular formula is C18H33NO. The minimum Gasteiger partial charge on any atom is -0.389 e. The minimum absolute atomic E-state index is 0.0340. The summed E-state index contributed by atoms with van der Waals surface area (Å²) in [5, 5.41) is 11.5. The van der Waals surface area contributed by atoms with Crippen LogP contribution in [0.3, 0.4) is 0 Å². The van der Waals surface area contributed by atoms with E-state index in [2.05, 4.69) is 6.92 Å². The van der Waals surface area contributed by atoms with Crippen LogP contribution in [0.2, 0.25) is 0 Å². The van der Waals surface area contributed by atoms with Gasteiger partial charge in [0, 0.05) is 12.0 Å². The van der Waals surface area contributed by atoms with Gasteiger partial charge in [-0.15, -0.1) is 0 Å². The maximum absolute atomic E-state index is 11.5. The van der Waals surface area contributed by atoms with Crippen LogP contribution in [0.1, 0.15) is 77.6 Å². The van der Waals surface area contributed by atoms with Crippen LogP contribution >= 0.6 is 0 Å². The van der Waals surface area contributed by atoms with Crippen molar-refractivity contribution < 1.29 is 5.11 Å². The van der Waals surface area contributed by atoms with E-state index in [-0.39, 0.29) is 5.41 Å². The van der Waals surface area contributed by atoms with Gasteiger partial charge in [0.1, 0.15) is 0 Å². The standard InChI is InChI=1S/C18H33NO/c1-2-14-7-10-17(13-19,11-8-14)18(20)9-3-4-16(12-18)15-5-6-15/h14-16,20H,2-13,19H2,1H3. The molecule has 0 amide bonds. The molecule has 0 aromatic carbocycles. The molecule has 2 atom stereocenters. The topological polar surface area (TPSA) is 46.2 Å². The molecule has 0 aromatic heterocycles. The van der Waals surface area contributed by atoms with Gasteiger partial charge in [-0.05, 0) is 75.5 Å². The summed E-state index contributed by atoms with van der Waals surface area (Å²) in [5.41, 5.74) is 5.80. The first-order valence-corrected chi connectivity index (χ1v) is 9.05. The second kappa shape index (κ2) is 5.61. The largest absolute Gasteiger partial charge is 0.389 e. The van der Waals surface area contributed by atoms with Crippen molar-refractivity contribution in [1.29, 1.82) is 0 Å². The lowest BCUT2D eigenvalue weighted by Gasteiger charge is -2.53. The highest BCUT2D eigenvalue weighted by molar-refractivity contribution is 5.05. The van der Waals surface area contributed by atoms with Crippen LogP contribution in [0.4, 0.5) is 0 Å².